The number of halogens is 5. The van der Waals surface area contributed by atoms with Gasteiger partial charge in [0.25, 0.3) is 0 Å². The molecule has 19 heavy (non-hydrogen) atoms. The van der Waals surface area contributed by atoms with E-state index < -0.39 is 17.6 Å². The Kier molecular flexibility index (Phi) is 3.80. The summed E-state index contributed by atoms with van der Waals surface area (Å²) in [4.78, 5) is 0. The molecule has 0 amide bonds. The molecular formula is C14H9ClF4. The number of alkyl halides is 4. The third-order valence-corrected chi connectivity index (χ3v) is 3.00. The molecule has 0 aliphatic heterocycles. The van der Waals surface area contributed by atoms with E-state index >= 15 is 0 Å². The fourth-order valence-electron chi connectivity index (χ4n) is 1.83. The van der Waals surface area contributed by atoms with Crippen molar-refractivity contribution in [1.29, 1.82) is 0 Å². The summed E-state index contributed by atoms with van der Waals surface area (Å²) in [5, 5.41) is 0. The fraction of sp³-hybridized carbons (Fsp3) is 0.143. The lowest BCUT2D eigenvalue weighted by Gasteiger charge is -2.13. The first-order valence-electron chi connectivity index (χ1n) is 5.44. The zero-order chi connectivity index (χ0) is 14.0. The Bertz CT molecular complexity index is 590. The molecule has 0 bridgehead atoms. The zero-order valence-electron chi connectivity index (χ0n) is 9.64. The maximum absolute atomic E-state index is 13.1. The number of rotatable bonds is 2. The second-order valence-corrected chi connectivity index (χ2v) is 4.28. The van der Waals surface area contributed by atoms with Crippen molar-refractivity contribution in [3.8, 4) is 11.1 Å². The van der Waals surface area contributed by atoms with Gasteiger partial charge in [-0.3, -0.25) is 0 Å². The van der Waals surface area contributed by atoms with Gasteiger partial charge in [-0.25, -0.2) is 4.39 Å². The topological polar surface area (TPSA) is 0 Å². The Morgan fingerprint density at radius 2 is 1.63 bits per heavy atom. The first-order chi connectivity index (χ1) is 8.91. The van der Waals surface area contributed by atoms with E-state index in [2.05, 4.69) is 0 Å². The Morgan fingerprint density at radius 3 is 2.21 bits per heavy atom. The van der Waals surface area contributed by atoms with E-state index in [1.54, 1.807) is 6.07 Å². The highest BCUT2D eigenvalue weighted by molar-refractivity contribution is 6.17. The molecule has 0 saturated carbocycles. The summed E-state index contributed by atoms with van der Waals surface area (Å²) in [5.41, 5.74) is 0.238. The molecule has 0 saturated heterocycles. The smallest absolute Gasteiger partial charge is 0.207 e. The largest absolute Gasteiger partial charge is 0.416 e. The van der Waals surface area contributed by atoms with Crippen LogP contribution in [0.5, 0.6) is 0 Å². The molecule has 2 aromatic rings. The van der Waals surface area contributed by atoms with Gasteiger partial charge in [0.05, 0.1) is 5.56 Å². The Balaban J connectivity index is 2.51. The SMILES string of the molecule is Fc1cccc(-c2ccc(C(F)(F)F)c(CCl)c2)c1. The van der Waals surface area contributed by atoms with Crippen molar-refractivity contribution in [1.82, 2.24) is 0 Å². The van der Waals surface area contributed by atoms with Crippen LogP contribution in [0, 0.1) is 5.82 Å². The first kappa shape index (κ1) is 13.9. The van der Waals surface area contributed by atoms with Crippen molar-refractivity contribution in [3.05, 3.63) is 59.4 Å². The maximum Gasteiger partial charge on any atom is 0.416 e. The van der Waals surface area contributed by atoms with Gasteiger partial charge in [0, 0.05) is 5.88 Å². The van der Waals surface area contributed by atoms with Crippen LogP contribution in [0.2, 0.25) is 0 Å². The minimum absolute atomic E-state index is 0.0177. The molecule has 2 rings (SSSR count). The second-order valence-electron chi connectivity index (χ2n) is 4.01. The van der Waals surface area contributed by atoms with Crippen molar-refractivity contribution in [3.63, 3.8) is 0 Å². The van der Waals surface area contributed by atoms with Crippen LogP contribution >= 0.6 is 11.6 Å². The molecule has 0 radical (unpaired) electrons. The number of hydrogen-bond donors (Lipinski definition) is 0. The molecule has 2 aromatic carbocycles. The average Bonchev–Trinajstić information content (AvgIpc) is 2.37. The summed E-state index contributed by atoms with van der Waals surface area (Å²) in [5.74, 6) is -0.692. The van der Waals surface area contributed by atoms with E-state index in [0.717, 1.165) is 6.07 Å². The molecule has 0 fully saturated rings. The summed E-state index contributed by atoms with van der Waals surface area (Å²) < 4.78 is 51.2. The predicted molar refractivity (Wildman–Crippen MR) is 66.4 cm³/mol. The molecular weight excluding hydrogens is 280 g/mol. The maximum atomic E-state index is 13.1. The van der Waals surface area contributed by atoms with Crippen molar-refractivity contribution >= 4 is 11.6 Å². The van der Waals surface area contributed by atoms with Gasteiger partial charge in [-0.05, 0) is 41.0 Å². The van der Waals surface area contributed by atoms with Crippen LogP contribution < -0.4 is 0 Å². The van der Waals surface area contributed by atoms with Crippen LogP contribution in [0.1, 0.15) is 11.1 Å². The van der Waals surface area contributed by atoms with Crippen LogP contribution in [0.3, 0.4) is 0 Å². The Hall–Kier alpha value is -1.55. The normalized spacial score (nSPS) is 11.6. The van der Waals surface area contributed by atoms with Crippen LogP contribution in [0.15, 0.2) is 42.5 Å². The minimum Gasteiger partial charge on any atom is -0.207 e. The van der Waals surface area contributed by atoms with Gasteiger partial charge >= 0.3 is 6.18 Å². The lowest BCUT2D eigenvalue weighted by Crippen LogP contribution is -2.08. The molecule has 0 aliphatic rings. The van der Waals surface area contributed by atoms with Crippen LogP contribution in [0.4, 0.5) is 17.6 Å². The number of hydrogen-bond acceptors (Lipinski definition) is 0. The van der Waals surface area contributed by atoms with Crippen LogP contribution in [0.25, 0.3) is 11.1 Å². The molecule has 0 aromatic heterocycles. The molecule has 0 heterocycles. The van der Waals surface area contributed by atoms with Gasteiger partial charge in [-0.2, -0.15) is 13.2 Å². The third-order valence-electron chi connectivity index (χ3n) is 2.71. The lowest BCUT2D eigenvalue weighted by atomic mass is 9.99. The minimum atomic E-state index is -4.44. The summed E-state index contributed by atoms with van der Waals surface area (Å²) >= 11 is 5.55. The summed E-state index contributed by atoms with van der Waals surface area (Å²) in [6, 6.07) is 9.29. The molecule has 0 aliphatic carbocycles. The van der Waals surface area contributed by atoms with E-state index in [1.165, 1.54) is 30.3 Å². The van der Waals surface area contributed by atoms with Gasteiger partial charge in [0.2, 0.25) is 0 Å². The van der Waals surface area contributed by atoms with Crippen molar-refractivity contribution in [2.45, 2.75) is 12.1 Å². The zero-order valence-corrected chi connectivity index (χ0v) is 10.4. The summed E-state index contributed by atoms with van der Waals surface area (Å²) in [6.07, 6.45) is -4.44. The van der Waals surface area contributed by atoms with E-state index in [9.17, 15) is 17.6 Å². The molecule has 100 valence electrons. The molecule has 0 spiro atoms. The Morgan fingerprint density at radius 1 is 0.947 bits per heavy atom. The second kappa shape index (κ2) is 5.21. The third kappa shape index (κ3) is 3.07. The molecule has 0 unspecified atom stereocenters. The summed E-state index contributed by atoms with van der Waals surface area (Å²) in [6.45, 7) is 0. The van der Waals surface area contributed by atoms with Gasteiger partial charge in [-0.15, -0.1) is 11.6 Å². The van der Waals surface area contributed by atoms with Gasteiger partial charge < -0.3 is 0 Å². The highest BCUT2D eigenvalue weighted by atomic mass is 35.5. The van der Waals surface area contributed by atoms with E-state index in [-0.39, 0.29) is 11.4 Å². The van der Waals surface area contributed by atoms with E-state index in [0.29, 0.717) is 11.1 Å². The fourth-order valence-corrected chi connectivity index (χ4v) is 2.05. The van der Waals surface area contributed by atoms with Gasteiger partial charge in [0.15, 0.2) is 0 Å². The number of benzene rings is 2. The van der Waals surface area contributed by atoms with Gasteiger partial charge in [-0.1, -0.05) is 18.2 Å². The van der Waals surface area contributed by atoms with E-state index in [1.807, 2.05) is 0 Å². The monoisotopic (exact) mass is 288 g/mol. The van der Waals surface area contributed by atoms with Crippen molar-refractivity contribution in [2.24, 2.45) is 0 Å². The van der Waals surface area contributed by atoms with Crippen LogP contribution in [-0.2, 0) is 12.1 Å². The summed E-state index contributed by atoms with van der Waals surface area (Å²) in [7, 11) is 0. The highest BCUT2D eigenvalue weighted by Gasteiger charge is 2.33. The molecule has 0 nitrogen and oxygen atoms in total. The molecule has 5 heteroatoms. The van der Waals surface area contributed by atoms with Crippen molar-refractivity contribution in [2.75, 3.05) is 0 Å². The molecule has 0 N–H and O–H groups in total. The quantitative estimate of drug-likeness (QED) is 0.523. The van der Waals surface area contributed by atoms with E-state index in [4.69, 9.17) is 11.6 Å². The molecule has 0 atom stereocenters. The average molecular weight is 289 g/mol. The highest BCUT2D eigenvalue weighted by Crippen LogP contribution is 2.35. The van der Waals surface area contributed by atoms with Crippen LogP contribution in [-0.4, -0.2) is 0 Å². The van der Waals surface area contributed by atoms with Crippen molar-refractivity contribution < 1.29 is 17.6 Å². The standard InChI is InChI=1S/C14H9ClF4/c15-8-11-6-10(4-5-13(11)14(17,18)19)9-2-1-3-12(16)7-9/h1-7H,8H2. The van der Waals surface area contributed by atoms with Gasteiger partial charge in [0.1, 0.15) is 5.82 Å². The Labute approximate surface area is 112 Å². The first-order valence-corrected chi connectivity index (χ1v) is 5.97. The predicted octanol–water partition coefficient (Wildman–Crippen LogP) is 5.25. The lowest BCUT2D eigenvalue weighted by molar-refractivity contribution is -0.138.